The van der Waals surface area contributed by atoms with Crippen LogP contribution in [0.5, 0.6) is 0 Å². The second-order valence-electron chi connectivity index (χ2n) is 7.79. The Bertz CT molecular complexity index is 368. The molecule has 0 saturated carbocycles. The third-order valence-electron chi connectivity index (χ3n) is 5.48. The normalized spacial score (nSPS) is 11.2. The van der Waals surface area contributed by atoms with Gasteiger partial charge in [-0.15, -0.1) is 0 Å². The van der Waals surface area contributed by atoms with Crippen LogP contribution in [-0.4, -0.2) is 71.0 Å². The maximum Gasteiger partial charge on any atom is 2.00 e. The first-order valence-electron chi connectivity index (χ1n) is 11.0. The molecule has 0 aromatic rings. The maximum absolute atomic E-state index is 11.7. The van der Waals surface area contributed by atoms with Gasteiger partial charge in [0.2, 0.25) is 0 Å². The maximum atomic E-state index is 11.7. The number of carboxylic acid groups (broad SMARTS) is 2. The summed E-state index contributed by atoms with van der Waals surface area (Å²) in [5, 5.41) is 19.1. The Morgan fingerprint density at radius 2 is 0.852 bits per heavy atom. The van der Waals surface area contributed by atoms with Crippen molar-refractivity contribution in [2.24, 2.45) is 5.41 Å². The van der Waals surface area contributed by atoms with Crippen molar-refractivity contribution in [2.75, 3.05) is 0 Å². The molecule has 4 nitrogen and oxygen atoms in total. The third-order valence-corrected chi connectivity index (χ3v) is 5.48. The number of hydrogen-bond donors (Lipinski definition) is 2. The quantitative estimate of drug-likeness (QED) is 0.116. The molecule has 5 heteroatoms. The Kier molecular flexibility index (Phi) is 21.8. The summed E-state index contributed by atoms with van der Waals surface area (Å²) in [4.78, 5) is 23.4. The van der Waals surface area contributed by atoms with Crippen molar-refractivity contribution in [2.45, 2.75) is 123 Å². The van der Waals surface area contributed by atoms with Crippen LogP contribution in [0.25, 0.3) is 0 Å². The molecule has 0 fully saturated rings. The minimum Gasteiger partial charge on any atom is -1.00 e. The van der Waals surface area contributed by atoms with E-state index in [4.69, 9.17) is 0 Å². The molecule has 0 rings (SSSR count). The first-order chi connectivity index (χ1) is 12.5. The van der Waals surface area contributed by atoms with E-state index in [1.165, 1.54) is 44.9 Å². The van der Waals surface area contributed by atoms with E-state index in [0.717, 1.165) is 38.5 Å². The number of carbonyl (C=O) groups is 2. The molecule has 2 N–H and O–H groups in total. The minimum atomic E-state index is -1.58. The molecule has 0 aliphatic rings. The van der Waals surface area contributed by atoms with Crippen molar-refractivity contribution in [3.8, 4) is 0 Å². The summed E-state index contributed by atoms with van der Waals surface area (Å²) in [5.41, 5.74) is -1.58. The second-order valence-corrected chi connectivity index (χ2v) is 7.79. The molecular weight excluding hydrogens is 466 g/mol. The summed E-state index contributed by atoms with van der Waals surface area (Å²) in [6, 6.07) is 0. The molecular formula is C22H44BaO4. The van der Waals surface area contributed by atoms with E-state index in [1.807, 2.05) is 0 Å². The van der Waals surface area contributed by atoms with Gasteiger partial charge in [0.25, 0.3) is 0 Å². The van der Waals surface area contributed by atoms with E-state index >= 15 is 0 Å². The summed E-state index contributed by atoms with van der Waals surface area (Å²) < 4.78 is 0. The average Bonchev–Trinajstić information content (AvgIpc) is 2.60. The van der Waals surface area contributed by atoms with Gasteiger partial charge in [-0.05, 0) is 12.8 Å². The van der Waals surface area contributed by atoms with Gasteiger partial charge in [0.1, 0.15) is 0 Å². The van der Waals surface area contributed by atoms with Gasteiger partial charge in [0.15, 0.2) is 5.41 Å². The van der Waals surface area contributed by atoms with Crippen LogP contribution in [0.4, 0.5) is 0 Å². The molecule has 0 aliphatic heterocycles. The molecule has 0 saturated heterocycles. The first-order valence-corrected chi connectivity index (χ1v) is 11.0. The van der Waals surface area contributed by atoms with Crippen LogP contribution in [0, 0.1) is 5.41 Å². The van der Waals surface area contributed by atoms with Gasteiger partial charge in [0, 0.05) is 0 Å². The van der Waals surface area contributed by atoms with Gasteiger partial charge in [-0.25, -0.2) is 0 Å². The standard InChI is InChI=1S/C22H42O4.Ba.2H/c1-3-5-7-9-10-11-12-13-15-17-19-22(20(23)24,21(25)26)18-16-14-8-6-4-2;;;/h3-19H2,1-2H3,(H,23,24)(H,25,26);;;/q;+2;2*-1. The Hall–Kier alpha value is 0.511. The summed E-state index contributed by atoms with van der Waals surface area (Å²) >= 11 is 0. The largest absolute Gasteiger partial charge is 2.00 e. The number of aliphatic carboxylic acids is 2. The summed E-state index contributed by atoms with van der Waals surface area (Å²) in [5.74, 6) is -2.31. The van der Waals surface area contributed by atoms with Crippen molar-refractivity contribution < 1.29 is 22.7 Å². The van der Waals surface area contributed by atoms with Crippen LogP contribution in [0.2, 0.25) is 0 Å². The number of unbranched alkanes of at least 4 members (excludes halogenated alkanes) is 13. The van der Waals surface area contributed by atoms with Crippen molar-refractivity contribution >= 4 is 60.8 Å². The van der Waals surface area contributed by atoms with E-state index in [0.29, 0.717) is 12.8 Å². The Balaban J connectivity index is -0.00000104. The fourth-order valence-corrected chi connectivity index (χ4v) is 3.59. The summed E-state index contributed by atoms with van der Waals surface area (Å²) in [6.45, 7) is 4.35. The molecule has 0 amide bonds. The number of carboxylic acids is 2. The Morgan fingerprint density at radius 1 is 0.593 bits per heavy atom. The van der Waals surface area contributed by atoms with Gasteiger partial charge in [0.05, 0.1) is 0 Å². The van der Waals surface area contributed by atoms with Gasteiger partial charge in [-0.3, -0.25) is 9.59 Å². The van der Waals surface area contributed by atoms with E-state index in [1.54, 1.807) is 0 Å². The zero-order chi connectivity index (χ0) is 19.7. The van der Waals surface area contributed by atoms with Gasteiger partial charge < -0.3 is 13.1 Å². The third kappa shape index (κ3) is 14.2. The molecule has 0 aromatic carbocycles. The van der Waals surface area contributed by atoms with Gasteiger partial charge in [-0.1, -0.05) is 110 Å². The van der Waals surface area contributed by atoms with Crippen LogP contribution < -0.4 is 0 Å². The average molecular weight is 510 g/mol. The summed E-state index contributed by atoms with van der Waals surface area (Å²) in [6.07, 6.45) is 17.1. The molecule has 0 spiro atoms. The van der Waals surface area contributed by atoms with Gasteiger partial charge >= 0.3 is 60.8 Å². The number of hydrogen-bond acceptors (Lipinski definition) is 2. The van der Waals surface area contributed by atoms with Gasteiger partial charge in [-0.2, -0.15) is 0 Å². The predicted octanol–water partition coefficient (Wildman–Crippen LogP) is 6.66. The molecule has 27 heavy (non-hydrogen) atoms. The van der Waals surface area contributed by atoms with Crippen LogP contribution in [-0.2, 0) is 9.59 Å². The zero-order valence-electron chi connectivity index (χ0n) is 19.9. The fraction of sp³-hybridized carbons (Fsp3) is 0.909. The smallest absolute Gasteiger partial charge is 1.00 e. The molecule has 0 bridgehead atoms. The molecule has 158 valence electrons. The van der Waals surface area contributed by atoms with E-state index in [-0.39, 0.29) is 64.6 Å². The van der Waals surface area contributed by atoms with Crippen molar-refractivity contribution in [3.05, 3.63) is 0 Å². The predicted molar refractivity (Wildman–Crippen MR) is 116 cm³/mol. The molecule has 0 unspecified atom stereocenters. The van der Waals surface area contributed by atoms with Crippen LogP contribution in [0.3, 0.4) is 0 Å². The van der Waals surface area contributed by atoms with Crippen molar-refractivity contribution in [3.63, 3.8) is 0 Å². The first kappa shape index (κ1) is 29.7. The van der Waals surface area contributed by atoms with Crippen molar-refractivity contribution in [1.29, 1.82) is 0 Å². The summed E-state index contributed by atoms with van der Waals surface area (Å²) in [7, 11) is 0. The molecule has 0 atom stereocenters. The SMILES string of the molecule is CCCCCCCCCCCCC(CCCCCCC)(C(=O)O)C(=O)O.[Ba+2].[H-].[H-]. The molecule has 0 aliphatic carbocycles. The van der Waals surface area contributed by atoms with Crippen LogP contribution >= 0.6 is 0 Å². The van der Waals surface area contributed by atoms with E-state index in [9.17, 15) is 19.8 Å². The van der Waals surface area contributed by atoms with Crippen molar-refractivity contribution in [1.82, 2.24) is 0 Å². The van der Waals surface area contributed by atoms with E-state index in [2.05, 4.69) is 13.8 Å². The Morgan fingerprint density at radius 3 is 1.11 bits per heavy atom. The zero-order valence-corrected chi connectivity index (χ0v) is 22.4. The minimum absolute atomic E-state index is 0. The van der Waals surface area contributed by atoms with Crippen LogP contribution in [0.15, 0.2) is 0 Å². The Labute approximate surface area is 210 Å². The molecule has 0 heterocycles. The van der Waals surface area contributed by atoms with Crippen LogP contribution in [0.1, 0.15) is 126 Å². The second kappa shape index (κ2) is 19.8. The number of rotatable bonds is 19. The fourth-order valence-electron chi connectivity index (χ4n) is 3.59. The monoisotopic (exact) mass is 510 g/mol. The molecule has 0 aromatic heterocycles. The van der Waals surface area contributed by atoms with E-state index < -0.39 is 17.4 Å². The molecule has 0 radical (unpaired) electrons. The topological polar surface area (TPSA) is 74.6 Å².